The second-order valence-electron chi connectivity index (χ2n) is 10.8. The van der Waals surface area contributed by atoms with Gasteiger partial charge in [0.05, 0.1) is 35.8 Å². The first-order valence-electron chi connectivity index (χ1n) is 13.5. The van der Waals surface area contributed by atoms with Crippen LogP contribution in [-0.2, 0) is 11.3 Å². The summed E-state index contributed by atoms with van der Waals surface area (Å²) in [7, 11) is 0. The first-order valence-corrected chi connectivity index (χ1v) is 14.3. The van der Waals surface area contributed by atoms with E-state index in [0.29, 0.717) is 44.0 Å². The van der Waals surface area contributed by atoms with Crippen LogP contribution in [0.2, 0.25) is 10.0 Å². The minimum Gasteiger partial charge on any atom is -0.481 e. The summed E-state index contributed by atoms with van der Waals surface area (Å²) in [6.45, 7) is 6.09. The summed E-state index contributed by atoms with van der Waals surface area (Å²) >= 11 is 13.6. The van der Waals surface area contributed by atoms with E-state index in [1.807, 2.05) is 17.0 Å². The van der Waals surface area contributed by atoms with E-state index < -0.39 is 12.1 Å². The van der Waals surface area contributed by atoms with E-state index in [2.05, 4.69) is 24.0 Å². The number of fused-ring (bicyclic) bond motifs is 2. The molecule has 10 heteroatoms. The van der Waals surface area contributed by atoms with E-state index in [-0.39, 0.29) is 38.5 Å². The lowest BCUT2D eigenvalue weighted by atomic mass is 9.88. The minimum atomic E-state index is -1.04. The van der Waals surface area contributed by atoms with E-state index in [1.165, 1.54) is 10.6 Å². The van der Waals surface area contributed by atoms with Gasteiger partial charge in [0.2, 0.25) is 0 Å². The van der Waals surface area contributed by atoms with Crippen LogP contribution in [0.3, 0.4) is 0 Å². The van der Waals surface area contributed by atoms with Crippen molar-refractivity contribution in [1.82, 2.24) is 19.8 Å². The fourth-order valence-corrected chi connectivity index (χ4v) is 7.09. The number of hydrogen-bond donors (Lipinski definition) is 1. The molecule has 0 bridgehead atoms. The second-order valence-corrected chi connectivity index (χ2v) is 11.6. The molecule has 1 amide bonds. The minimum absolute atomic E-state index is 0.146. The molecule has 0 aliphatic carbocycles. The van der Waals surface area contributed by atoms with E-state index in [1.54, 1.807) is 11.1 Å². The smallest absolute Gasteiger partial charge is 0.309 e. The van der Waals surface area contributed by atoms with Crippen LogP contribution in [0.25, 0.3) is 11.1 Å². The van der Waals surface area contributed by atoms with E-state index in [4.69, 9.17) is 23.2 Å². The molecule has 0 unspecified atom stereocenters. The van der Waals surface area contributed by atoms with E-state index >= 15 is 0 Å². The lowest BCUT2D eigenvalue weighted by molar-refractivity contribution is -0.137. The second kappa shape index (κ2) is 10.3. The summed E-state index contributed by atoms with van der Waals surface area (Å²) in [5.74, 6) is -0.832. The van der Waals surface area contributed by atoms with Gasteiger partial charge in [0, 0.05) is 28.3 Å². The number of rotatable bonds is 6. The predicted octanol–water partition coefficient (Wildman–Crippen LogP) is 5.73. The number of carboxylic acids is 1. The Kier molecular flexibility index (Phi) is 6.98. The van der Waals surface area contributed by atoms with Gasteiger partial charge in [-0.15, -0.1) is 0 Å². The number of likely N-dealkylation sites (tertiary alicyclic amines) is 1. The Morgan fingerprint density at radius 2 is 1.85 bits per heavy atom. The molecular weight excluding hydrogens is 542 g/mol. The van der Waals surface area contributed by atoms with Crippen LogP contribution in [0.5, 0.6) is 0 Å². The summed E-state index contributed by atoms with van der Waals surface area (Å²) < 4.78 is 14.1. The number of aliphatic carboxylic acids is 1. The molecule has 2 saturated heterocycles. The summed E-state index contributed by atoms with van der Waals surface area (Å²) in [4.78, 5) is 29.7. The normalized spacial score (nSPS) is 21.8. The number of nitrogens with zero attached hydrogens (tertiary/aromatic N) is 4. The van der Waals surface area contributed by atoms with Crippen molar-refractivity contribution in [1.29, 1.82) is 0 Å². The highest BCUT2D eigenvalue weighted by Gasteiger charge is 2.44. The van der Waals surface area contributed by atoms with Crippen LogP contribution in [0.1, 0.15) is 60.0 Å². The monoisotopic (exact) mass is 572 g/mol. The zero-order valence-electron chi connectivity index (χ0n) is 21.8. The van der Waals surface area contributed by atoms with Crippen molar-refractivity contribution in [2.24, 2.45) is 0 Å². The van der Waals surface area contributed by atoms with Crippen LogP contribution >= 0.6 is 23.2 Å². The average molecular weight is 573 g/mol. The SMILES string of the molecule is CCN1CCC(c2ccc(-c3cc(Cl)c4c(c3Cl)C(=O)N(N3CN5C[C@H](F)CC5=C3CC(=O)O)C4)cc2)CC1. The molecule has 2 aromatic carbocycles. The van der Waals surface area contributed by atoms with E-state index in [0.717, 1.165) is 38.0 Å². The quantitative estimate of drug-likeness (QED) is 0.476. The number of carbonyl (C=O) groups excluding carboxylic acids is 1. The van der Waals surface area contributed by atoms with Crippen LogP contribution in [0.4, 0.5) is 4.39 Å². The van der Waals surface area contributed by atoms with Gasteiger partial charge in [-0.2, -0.15) is 0 Å². The Bertz CT molecular complexity index is 1360. The summed E-state index contributed by atoms with van der Waals surface area (Å²) in [6.07, 6.45) is 1.09. The molecule has 4 aliphatic rings. The molecular formula is C29H31Cl2FN4O3. The van der Waals surface area contributed by atoms with Crippen LogP contribution in [0.15, 0.2) is 41.7 Å². The third-order valence-corrected chi connectivity index (χ3v) is 9.31. The van der Waals surface area contributed by atoms with Gasteiger partial charge >= 0.3 is 5.97 Å². The topological polar surface area (TPSA) is 67.3 Å². The van der Waals surface area contributed by atoms with Crippen molar-refractivity contribution < 1.29 is 19.1 Å². The van der Waals surface area contributed by atoms with Crippen LogP contribution < -0.4 is 0 Å². The highest BCUT2D eigenvalue weighted by molar-refractivity contribution is 6.39. The molecule has 206 valence electrons. The lowest BCUT2D eigenvalue weighted by Crippen LogP contribution is -2.43. The maximum absolute atomic E-state index is 14.1. The highest BCUT2D eigenvalue weighted by atomic mass is 35.5. The largest absolute Gasteiger partial charge is 0.481 e. The summed E-state index contributed by atoms with van der Waals surface area (Å²) in [5.41, 5.74) is 4.92. The van der Waals surface area contributed by atoms with Gasteiger partial charge in [0.25, 0.3) is 5.91 Å². The Morgan fingerprint density at radius 1 is 1.13 bits per heavy atom. The Labute approximate surface area is 237 Å². The molecule has 0 aromatic heterocycles. The summed E-state index contributed by atoms with van der Waals surface area (Å²) in [6, 6.07) is 10.2. The van der Waals surface area contributed by atoms with Crippen molar-refractivity contribution in [3.05, 3.63) is 68.5 Å². The molecule has 1 N–H and O–H groups in total. The molecule has 1 atom stereocenters. The van der Waals surface area contributed by atoms with Gasteiger partial charge in [-0.3, -0.25) is 14.6 Å². The molecule has 6 rings (SSSR count). The Morgan fingerprint density at radius 3 is 2.51 bits per heavy atom. The average Bonchev–Trinajstić information content (AvgIpc) is 3.57. The number of benzene rings is 2. The molecule has 0 spiro atoms. The number of carbonyl (C=O) groups is 2. The molecule has 2 fully saturated rings. The Hall–Kier alpha value is -2.81. The van der Waals surface area contributed by atoms with Crippen molar-refractivity contribution in [2.75, 3.05) is 32.8 Å². The highest BCUT2D eigenvalue weighted by Crippen LogP contribution is 2.44. The third-order valence-electron chi connectivity index (χ3n) is 8.58. The van der Waals surface area contributed by atoms with Gasteiger partial charge in [0.1, 0.15) is 12.8 Å². The molecule has 0 radical (unpaired) electrons. The zero-order chi connectivity index (χ0) is 27.4. The number of hydrogen-bond acceptors (Lipinski definition) is 5. The van der Waals surface area contributed by atoms with Crippen molar-refractivity contribution in [2.45, 2.75) is 51.2 Å². The van der Waals surface area contributed by atoms with Crippen LogP contribution in [0, 0.1) is 0 Å². The van der Waals surface area contributed by atoms with Crippen molar-refractivity contribution >= 4 is 35.1 Å². The number of hydrazine groups is 1. The molecule has 0 saturated carbocycles. The zero-order valence-corrected chi connectivity index (χ0v) is 23.3. The van der Waals surface area contributed by atoms with Crippen molar-refractivity contribution in [3.63, 3.8) is 0 Å². The number of piperidine rings is 1. The number of alkyl halides is 1. The maximum Gasteiger partial charge on any atom is 0.309 e. The molecule has 2 aromatic rings. The van der Waals surface area contributed by atoms with Crippen LogP contribution in [-0.4, -0.2) is 75.8 Å². The molecule has 4 heterocycles. The predicted molar refractivity (Wildman–Crippen MR) is 148 cm³/mol. The number of amides is 1. The van der Waals surface area contributed by atoms with Gasteiger partial charge in [-0.25, -0.2) is 9.40 Å². The third kappa shape index (κ3) is 4.66. The van der Waals surface area contributed by atoms with Gasteiger partial charge in [-0.1, -0.05) is 54.4 Å². The first kappa shape index (κ1) is 26.4. The van der Waals surface area contributed by atoms with Gasteiger partial charge in [0.15, 0.2) is 0 Å². The Balaban J connectivity index is 1.27. The maximum atomic E-state index is 14.1. The fourth-order valence-electron chi connectivity index (χ4n) is 6.47. The first-order chi connectivity index (χ1) is 18.7. The molecule has 4 aliphatic heterocycles. The lowest BCUT2D eigenvalue weighted by Gasteiger charge is -2.32. The standard InChI is InChI=1S/C29H31Cl2FN4O3/c1-2-33-9-7-18(8-10-33)17-3-5-19(6-4-17)21-12-23(30)22-15-35(29(39)27(22)28(21)31)36-16-34-14-20(32)11-24(34)25(36)13-26(37)38/h3-6,12,18,20H,2,7-11,13-16H2,1H3,(H,37,38)/t20-/m1/s1. The molecule has 39 heavy (non-hydrogen) atoms. The fraction of sp³-hybridized carbons (Fsp3) is 0.448. The summed E-state index contributed by atoms with van der Waals surface area (Å²) in [5, 5.41) is 13.4. The number of allylic oxidation sites excluding steroid dienone is 1. The van der Waals surface area contributed by atoms with Gasteiger partial charge < -0.3 is 14.9 Å². The molecule has 7 nitrogen and oxygen atoms in total. The number of halogens is 3. The number of carboxylic acid groups (broad SMARTS) is 1. The van der Waals surface area contributed by atoms with Crippen molar-refractivity contribution in [3.8, 4) is 11.1 Å². The van der Waals surface area contributed by atoms with E-state index in [9.17, 15) is 19.1 Å². The van der Waals surface area contributed by atoms with Gasteiger partial charge in [-0.05, 0) is 55.6 Å².